The van der Waals surface area contributed by atoms with E-state index in [2.05, 4.69) is 65.5 Å². The molecule has 0 heterocycles. The summed E-state index contributed by atoms with van der Waals surface area (Å²) in [5, 5.41) is 10.3. The number of hydrogen-bond acceptors (Lipinski definition) is 5. The van der Waals surface area contributed by atoms with E-state index >= 15 is 0 Å². The Morgan fingerprint density at radius 1 is 0.538 bits per heavy atom. The minimum atomic E-state index is 0. The van der Waals surface area contributed by atoms with Gasteiger partial charge in [-0.2, -0.15) is 0 Å². The molecule has 3 nitrogen and oxygen atoms in total. The van der Waals surface area contributed by atoms with Crippen LogP contribution in [-0.4, -0.2) is 26.2 Å². The van der Waals surface area contributed by atoms with Crippen LogP contribution in [0.4, 0.5) is 11.4 Å². The van der Waals surface area contributed by atoms with Gasteiger partial charge in [-0.15, -0.1) is 62.5 Å². The van der Waals surface area contributed by atoms with Gasteiger partial charge in [0.05, 0.1) is 0 Å². The minimum Gasteiger partial charge on any atom is -0.385 e. The zero-order valence-electron chi connectivity index (χ0n) is 14.5. The highest BCUT2D eigenvalue weighted by Crippen LogP contribution is 2.12. The van der Waals surface area contributed by atoms with Crippen molar-refractivity contribution in [2.45, 2.75) is 22.6 Å². The average molecular weight is 457 g/mol. The third-order valence-electron chi connectivity index (χ3n) is 3.45. The summed E-state index contributed by atoms with van der Waals surface area (Å²) in [4.78, 5) is 1.99. The van der Waals surface area contributed by atoms with Crippen LogP contribution in [0.15, 0.2) is 58.3 Å². The van der Waals surface area contributed by atoms with Gasteiger partial charge in [-0.3, -0.25) is 0 Å². The van der Waals surface area contributed by atoms with E-state index in [1.807, 2.05) is 24.3 Å². The Morgan fingerprint density at radius 3 is 1.23 bits per heavy atom. The van der Waals surface area contributed by atoms with Crippen LogP contribution in [0.5, 0.6) is 0 Å². The monoisotopic (exact) mass is 455 g/mol. The van der Waals surface area contributed by atoms with E-state index in [-0.39, 0.29) is 37.2 Å². The van der Waals surface area contributed by atoms with Crippen molar-refractivity contribution >= 4 is 73.9 Å². The van der Waals surface area contributed by atoms with E-state index in [0.29, 0.717) is 0 Å². The van der Waals surface area contributed by atoms with Gasteiger partial charge in [0, 0.05) is 34.3 Å². The summed E-state index contributed by atoms with van der Waals surface area (Å²) in [5.74, 6) is 0. The highest BCUT2D eigenvalue weighted by molar-refractivity contribution is 7.80. The van der Waals surface area contributed by atoms with Crippen molar-refractivity contribution < 1.29 is 0 Å². The first-order chi connectivity index (χ1) is 11.2. The fraction of sp³-hybridized carbons (Fsp3) is 0.333. The van der Waals surface area contributed by atoms with Gasteiger partial charge in [-0.1, -0.05) is 0 Å². The molecule has 0 aliphatic carbocycles. The van der Waals surface area contributed by atoms with Gasteiger partial charge in [0.1, 0.15) is 0 Å². The molecule has 0 amide bonds. The number of halogens is 3. The third kappa shape index (κ3) is 12.0. The number of thiol groups is 2. The summed E-state index contributed by atoms with van der Waals surface area (Å²) in [5.41, 5.74) is 2.30. The van der Waals surface area contributed by atoms with Gasteiger partial charge in [0.25, 0.3) is 0 Å². The predicted molar refractivity (Wildman–Crippen MR) is 128 cm³/mol. The molecule has 2 aromatic carbocycles. The molecule has 2 aromatic rings. The standard InChI is InChI=1S/C18H25N3S2.3ClH/c22-17-7-3-15(4-8-17)20-13-1-11-19-12-2-14-21-16-5-9-18(23)10-6-16;;;/h3-10,19-23H,1-2,11-14H2;3*1H. The normalized spacial score (nSPS) is 9.31. The van der Waals surface area contributed by atoms with Crippen molar-refractivity contribution in [1.29, 1.82) is 0 Å². The van der Waals surface area contributed by atoms with Crippen LogP contribution in [0.2, 0.25) is 0 Å². The van der Waals surface area contributed by atoms with E-state index in [1.54, 1.807) is 0 Å². The van der Waals surface area contributed by atoms with Crippen molar-refractivity contribution in [1.82, 2.24) is 5.32 Å². The Morgan fingerprint density at radius 2 is 0.885 bits per heavy atom. The van der Waals surface area contributed by atoms with Gasteiger partial charge in [0.2, 0.25) is 0 Å². The molecule has 0 radical (unpaired) electrons. The molecule has 26 heavy (non-hydrogen) atoms. The van der Waals surface area contributed by atoms with Crippen molar-refractivity contribution in [3.05, 3.63) is 48.5 Å². The lowest BCUT2D eigenvalue weighted by atomic mass is 10.3. The summed E-state index contributed by atoms with van der Waals surface area (Å²) in [7, 11) is 0. The smallest absolute Gasteiger partial charge is 0.0340 e. The molecule has 0 saturated heterocycles. The van der Waals surface area contributed by atoms with Crippen molar-refractivity contribution in [2.75, 3.05) is 36.8 Å². The second kappa shape index (κ2) is 16.7. The van der Waals surface area contributed by atoms with Gasteiger partial charge < -0.3 is 16.0 Å². The van der Waals surface area contributed by atoms with Crippen LogP contribution < -0.4 is 16.0 Å². The molecule has 0 bridgehead atoms. The van der Waals surface area contributed by atoms with Crippen LogP contribution in [0.3, 0.4) is 0 Å². The summed E-state index contributed by atoms with van der Waals surface area (Å²) < 4.78 is 0. The SMILES string of the molecule is Cl.Cl.Cl.Sc1ccc(NCCCNCCCNc2ccc(S)cc2)cc1. The quantitative estimate of drug-likeness (QED) is 0.245. The van der Waals surface area contributed by atoms with Gasteiger partial charge in [0.15, 0.2) is 0 Å². The Bertz CT molecular complexity index is 517. The molecule has 0 aromatic heterocycles. The Hall–Kier alpha value is -0.430. The van der Waals surface area contributed by atoms with Gasteiger partial charge >= 0.3 is 0 Å². The first kappa shape index (κ1) is 27.8. The molecular formula is C18H28Cl3N3S2. The Labute approximate surface area is 186 Å². The molecule has 0 aliphatic heterocycles. The predicted octanol–water partition coefficient (Wildman–Crippen LogP) is 5.42. The number of anilines is 2. The minimum absolute atomic E-state index is 0. The fourth-order valence-electron chi connectivity index (χ4n) is 2.18. The summed E-state index contributed by atoms with van der Waals surface area (Å²) >= 11 is 8.56. The molecule has 148 valence electrons. The summed E-state index contributed by atoms with van der Waals surface area (Å²) in [6, 6.07) is 16.2. The second-order valence-corrected chi connectivity index (χ2v) is 6.44. The van der Waals surface area contributed by atoms with Crippen molar-refractivity contribution in [2.24, 2.45) is 0 Å². The summed E-state index contributed by atoms with van der Waals surface area (Å²) in [6.07, 6.45) is 2.22. The maximum atomic E-state index is 4.28. The summed E-state index contributed by atoms with van der Waals surface area (Å²) in [6.45, 7) is 4.03. The van der Waals surface area contributed by atoms with Crippen molar-refractivity contribution in [3.63, 3.8) is 0 Å². The van der Waals surface area contributed by atoms with Crippen molar-refractivity contribution in [3.8, 4) is 0 Å². The largest absolute Gasteiger partial charge is 0.385 e. The molecule has 0 atom stereocenters. The van der Waals surface area contributed by atoms with Gasteiger partial charge in [-0.05, 0) is 74.5 Å². The van der Waals surface area contributed by atoms with Gasteiger partial charge in [-0.25, -0.2) is 0 Å². The van der Waals surface area contributed by atoms with Crippen LogP contribution >= 0.6 is 62.5 Å². The second-order valence-electron chi connectivity index (χ2n) is 5.40. The zero-order chi connectivity index (χ0) is 16.3. The Kier molecular flexibility index (Phi) is 17.9. The van der Waals surface area contributed by atoms with Crippen LogP contribution in [-0.2, 0) is 0 Å². The molecule has 0 unspecified atom stereocenters. The zero-order valence-corrected chi connectivity index (χ0v) is 18.7. The van der Waals surface area contributed by atoms with Crippen LogP contribution in [0.25, 0.3) is 0 Å². The maximum Gasteiger partial charge on any atom is 0.0340 e. The van der Waals surface area contributed by atoms with Crippen LogP contribution in [0.1, 0.15) is 12.8 Å². The molecule has 0 saturated carbocycles. The van der Waals surface area contributed by atoms with E-state index in [9.17, 15) is 0 Å². The molecular weight excluding hydrogens is 429 g/mol. The number of rotatable bonds is 10. The van der Waals surface area contributed by atoms with Crippen LogP contribution in [0, 0.1) is 0 Å². The molecule has 0 spiro atoms. The molecule has 0 aliphatic rings. The Balaban J connectivity index is 0. The van der Waals surface area contributed by atoms with E-state index in [4.69, 9.17) is 0 Å². The number of hydrogen-bond donors (Lipinski definition) is 5. The lowest BCUT2D eigenvalue weighted by molar-refractivity contribution is 0.643. The molecule has 3 N–H and O–H groups in total. The highest BCUT2D eigenvalue weighted by Gasteiger charge is 1.94. The molecule has 8 heteroatoms. The maximum absolute atomic E-state index is 4.28. The van der Waals surface area contributed by atoms with E-state index < -0.39 is 0 Å². The van der Waals surface area contributed by atoms with E-state index in [1.165, 1.54) is 0 Å². The first-order valence-electron chi connectivity index (χ1n) is 8.00. The first-order valence-corrected chi connectivity index (χ1v) is 8.90. The topological polar surface area (TPSA) is 36.1 Å². The third-order valence-corrected chi connectivity index (χ3v) is 4.05. The lowest BCUT2D eigenvalue weighted by Gasteiger charge is -2.09. The van der Waals surface area contributed by atoms with E-state index in [0.717, 1.165) is 60.2 Å². The molecule has 2 rings (SSSR count). The number of benzene rings is 2. The number of nitrogens with one attached hydrogen (secondary N) is 3. The lowest BCUT2D eigenvalue weighted by Crippen LogP contribution is -2.21. The highest BCUT2D eigenvalue weighted by atomic mass is 35.5. The fourth-order valence-corrected chi connectivity index (χ4v) is 2.47. The average Bonchev–Trinajstić information content (AvgIpc) is 2.56. The molecule has 0 fully saturated rings.